The molecular formula is C20H37N3O4. The molecule has 0 spiro atoms. The van der Waals surface area contributed by atoms with Crippen LogP contribution in [0.4, 0.5) is 4.79 Å². The fourth-order valence-corrected chi connectivity index (χ4v) is 3.60. The number of rotatable bonds is 5. The molecule has 7 heteroatoms. The number of amides is 2. The van der Waals surface area contributed by atoms with Gasteiger partial charge in [-0.3, -0.25) is 9.69 Å². The number of likely N-dealkylation sites (tertiary alicyclic amines) is 1. The van der Waals surface area contributed by atoms with Gasteiger partial charge in [0.15, 0.2) is 0 Å². The van der Waals surface area contributed by atoms with Crippen LogP contribution in [0.2, 0.25) is 0 Å². The van der Waals surface area contributed by atoms with E-state index in [0.717, 1.165) is 26.2 Å². The summed E-state index contributed by atoms with van der Waals surface area (Å²) in [5, 5.41) is 3.05. The Morgan fingerprint density at radius 3 is 2.44 bits per heavy atom. The van der Waals surface area contributed by atoms with E-state index in [4.69, 9.17) is 9.47 Å². The molecule has 2 aliphatic rings. The zero-order valence-corrected chi connectivity index (χ0v) is 17.6. The minimum absolute atomic E-state index is 0.0426. The Balaban J connectivity index is 1.69. The molecular weight excluding hydrogens is 346 g/mol. The first-order valence-electron chi connectivity index (χ1n) is 10.2. The van der Waals surface area contributed by atoms with Crippen LogP contribution >= 0.6 is 0 Å². The summed E-state index contributed by atoms with van der Waals surface area (Å²) in [5.41, 5.74) is -0.491. The van der Waals surface area contributed by atoms with Crippen LogP contribution in [0.15, 0.2) is 0 Å². The van der Waals surface area contributed by atoms with E-state index in [9.17, 15) is 9.59 Å². The van der Waals surface area contributed by atoms with Crippen LogP contribution in [0.5, 0.6) is 0 Å². The molecule has 7 nitrogen and oxygen atoms in total. The topological polar surface area (TPSA) is 71.1 Å². The number of morpholine rings is 1. The highest BCUT2D eigenvalue weighted by Gasteiger charge is 2.30. The minimum Gasteiger partial charge on any atom is -0.444 e. The van der Waals surface area contributed by atoms with Crippen LogP contribution in [-0.4, -0.2) is 79.4 Å². The standard InChI is InChI=1S/C20H37N3O4/c1-15(2)13-22-10-11-26-17(14-22)12-21-18(24)16-6-8-23(9-7-16)19(25)27-20(3,4)5/h15-17H,6-14H2,1-5H3,(H,21,24). The van der Waals surface area contributed by atoms with Gasteiger partial charge in [0.05, 0.1) is 12.7 Å². The molecule has 0 aliphatic carbocycles. The average molecular weight is 384 g/mol. The Kier molecular flexibility index (Phi) is 7.91. The van der Waals surface area contributed by atoms with Crippen LogP contribution in [0.3, 0.4) is 0 Å². The van der Waals surface area contributed by atoms with Crippen molar-refractivity contribution in [3.63, 3.8) is 0 Å². The third kappa shape index (κ3) is 7.66. The second-order valence-corrected chi connectivity index (χ2v) is 9.13. The number of carbonyl (C=O) groups is 2. The molecule has 2 rings (SSSR count). The molecule has 0 aromatic rings. The maximum Gasteiger partial charge on any atom is 0.410 e. The van der Waals surface area contributed by atoms with E-state index >= 15 is 0 Å². The normalized spacial score (nSPS) is 22.7. The highest BCUT2D eigenvalue weighted by Crippen LogP contribution is 2.20. The number of carbonyl (C=O) groups excluding carboxylic acids is 2. The molecule has 0 bridgehead atoms. The predicted octanol–water partition coefficient (Wildman–Crippen LogP) is 2.11. The molecule has 1 N–H and O–H groups in total. The molecule has 27 heavy (non-hydrogen) atoms. The van der Waals surface area contributed by atoms with E-state index in [1.165, 1.54) is 0 Å². The summed E-state index contributed by atoms with van der Waals surface area (Å²) < 4.78 is 11.2. The van der Waals surface area contributed by atoms with Gasteiger partial charge in [-0.15, -0.1) is 0 Å². The van der Waals surface area contributed by atoms with Gasteiger partial charge in [0.25, 0.3) is 0 Å². The Morgan fingerprint density at radius 2 is 1.85 bits per heavy atom. The minimum atomic E-state index is -0.491. The lowest BCUT2D eigenvalue weighted by Gasteiger charge is -2.35. The zero-order chi connectivity index (χ0) is 20.0. The number of nitrogens with one attached hydrogen (secondary N) is 1. The van der Waals surface area contributed by atoms with E-state index in [1.807, 2.05) is 20.8 Å². The van der Waals surface area contributed by atoms with E-state index in [2.05, 4.69) is 24.1 Å². The molecule has 2 fully saturated rings. The summed E-state index contributed by atoms with van der Waals surface area (Å²) in [7, 11) is 0. The first-order chi connectivity index (χ1) is 12.6. The fraction of sp³-hybridized carbons (Fsp3) is 0.900. The van der Waals surface area contributed by atoms with Crippen molar-refractivity contribution in [2.45, 2.75) is 59.2 Å². The van der Waals surface area contributed by atoms with Crippen LogP contribution in [0, 0.1) is 11.8 Å². The van der Waals surface area contributed by atoms with Crippen LogP contribution in [0.1, 0.15) is 47.5 Å². The summed E-state index contributed by atoms with van der Waals surface area (Å²) in [4.78, 5) is 28.7. The highest BCUT2D eigenvalue weighted by molar-refractivity contribution is 5.79. The molecule has 0 aromatic carbocycles. The Bertz CT molecular complexity index is 496. The summed E-state index contributed by atoms with van der Waals surface area (Å²) in [6.07, 6.45) is 1.12. The van der Waals surface area contributed by atoms with Gasteiger partial charge in [0.2, 0.25) is 5.91 Å². The first kappa shape index (κ1) is 22.0. The summed E-state index contributed by atoms with van der Waals surface area (Å²) in [5.74, 6) is 0.663. The van der Waals surface area contributed by atoms with Crippen molar-refractivity contribution >= 4 is 12.0 Å². The quantitative estimate of drug-likeness (QED) is 0.787. The summed E-state index contributed by atoms with van der Waals surface area (Å²) in [6, 6.07) is 0. The molecule has 1 unspecified atom stereocenters. The summed E-state index contributed by atoms with van der Waals surface area (Å²) >= 11 is 0. The van der Waals surface area contributed by atoms with E-state index in [-0.39, 0.29) is 24.0 Å². The Hall–Kier alpha value is -1.34. The molecule has 0 radical (unpaired) electrons. The van der Waals surface area contributed by atoms with Crippen LogP contribution < -0.4 is 5.32 Å². The van der Waals surface area contributed by atoms with Gasteiger partial charge in [-0.1, -0.05) is 13.8 Å². The summed E-state index contributed by atoms with van der Waals surface area (Å²) in [6.45, 7) is 15.3. The van der Waals surface area contributed by atoms with Crippen LogP contribution in [0.25, 0.3) is 0 Å². The van der Waals surface area contributed by atoms with Gasteiger partial charge in [-0.2, -0.15) is 0 Å². The Labute approximate surface area is 163 Å². The number of hydrogen-bond donors (Lipinski definition) is 1. The van der Waals surface area contributed by atoms with Gasteiger partial charge in [-0.05, 0) is 39.5 Å². The van der Waals surface area contributed by atoms with Crippen molar-refractivity contribution in [2.24, 2.45) is 11.8 Å². The smallest absolute Gasteiger partial charge is 0.410 e. The first-order valence-corrected chi connectivity index (χ1v) is 10.2. The van der Waals surface area contributed by atoms with E-state index < -0.39 is 5.60 Å². The zero-order valence-electron chi connectivity index (χ0n) is 17.6. The lowest BCUT2D eigenvalue weighted by molar-refractivity contribution is -0.127. The lowest BCUT2D eigenvalue weighted by atomic mass is 9.96. The van der Waals surface area contributed by atoms with Crippen molar-refractivity contribution in [3.8, 4) is 0 Å². The fourth-order valence-electron chi connectivity index (χ4n) is 3.60. The van der Waals surface area contributed by atoms with Crippen molar-refractivity contribution in [3.05, 3.63) is 0 Å². The SMILES string of the molecule is CC(C)CN1CCOC(CNC(=O)C2CCN(C(=O)OC(C)(C)C)CC2)C1. The third-order valence-electron chi connectivity index (χ3n) is 4.87. The Morgan fingerprint density at radius 1 is 1.19 bits per heavy atom. The second-order valence-electron chi connectivity index (χ2n) is 9.13. The van der Waals surface area contributed by atoms with Crippen molar-refractivity contribution in [2.75, 3.05) is 45.9 Å². The lowest BCUT2D eigenvalue weighted by Crippen LogP contribution is -2.50. The highest BCUT2D eigenvalue weighted by atomic mass is 16.6. The van der Waals surface area contributed by atoms with Crippen molar-refractivity contribution in [1.29, 1.82) is 0 Å². The molecule has 1 atom stereocenters. The molecule has 156 valence electrons. The van der Waals surface area contributed by atoms with Gasteiger partial charge < -0.3 is 19.7 Å². The third-order valence-corrected chi connectivity index (χ3v) is 4.87. The number of ether oxygens (including phenoxy) is 2. The van der Waals surface area contributed by atoms with Gasteiger partial charge in [0.1, 0.15) is 5.60 Å². The molecule has 2 aliphatic heterocycles. The molecule has 0 aromatic heterocycles. The molecule has 2 saturated heterocycles. The molecule has 2 heterocycles. The van der Waals surface area contributed by atoms with E-state index in [0.29, 0.717) is 38.4 Å². The van der Waals surface area contributed by atoms with E-state index in [1.54, 1.807) is 4.90 Å². The molecule has 0 saturated carbocycles. The molecule has 2 amide bonds. The monoisotopic (exact) mass is 383 g/mol. The van der Waals surface area contributed by atoms with Crippen molar-refractivity contribution in [1.82, 2.24) is 15.1 Å². The van der Waals surface area contributed by atoms with Gasteiger partial charge in [0, 0.05) is 45.2 Å². The number of piperidine rings is 1. The maximum atomic E-state index is 12.5. The van der Waals surface area contributed by atoms with Crippen LogP contribution in [-0.2, 0) is 14.3 Å². The predicted molar refractivity (Wildman–Crippen MR) is 105 cm³/mol. The number of hydrogen-bond acceptors (Lipinski definition) is 5. The van der Waals surface area contributed by atoms with Crippen molar-refractivity contribution < 1.29 is 19.1 Å². The largest absolute Gasteiger partial charge is 0.444 e. The maximum absolute atomic E-state index is 12.5. The average Bonchev–Trinajstić information content (AvgIpc) is 2.58. The van der Waals surface area contributed by atoms with Gasteiger partial charge >= 0.3 is 6.09 Å². The van der Waals surface area contributed by atoms with Gasteiger partial charge in [-0.25, -0.2) is 4.79 Å². The number of nitrogens with zero attached hydrogens (tertiary/aromatic N) is 2. The second kappa shape index (κ2) is 9.73.